The molecule has 3 nitrogen and oxygen atoms in total. The molecule has 0 radical (unpaired) electrons. The highest BCUT2D eigenvalue weighted by Crippen LogP contribution is 2.06. The van der Waals surface area contributed by atoms with Crippen molar-refractivity contribution >= 4 is 5.97 Å². The smallest absolute Gasteiger partial charge is 0.370 e. The first-order valence-corrected chi connectivity index (χ1v) is 4.79. The number of allylic oxidation sites excluding steroid dienone is 1. The predicted octanol–water partition coefficient (Wildman–Crippen LogP) is 2.87. The first-order valence-electron chi connectivity index (χ1n) is 5.19. The quantitative estimate of drug-likeness (QED) is 0.349. The van der Waals surface area contributed by atoms with Gasteiger partial charge in [0, 0.05) is 0 Å². The Balaban J connectivity index is 3.53. The Bertz CT molecular complexity index is 190. The Labute approximate surface area is 80.6 Å². The molecule has 0 bridgehead atoms. The predicted molar refractivity (Wildman–Crippen MR) is 51.7 cm³/mol. The molecule has 0 aromatic carbocycles. The van der Waals surface area contributed by atoms with Crippen LogP contribution in [0.4, 0.5) is 0 Å². The Morgan fingerprint density at radius 1 is 1.38 bits per heavy atom. The molecule has 0 unspecified atom stereocenters. The van der Waals surface area contributed by atoms with Gasteiger partial charge in [-0.1, -0.05) is 32.6 Å². The minimum Gasteiger partial charge on any atom is -0.502 e. The standard InChI is InChI=1S/C10H18O3/c1-2-3-4-5-6-7-8-9(11)10(12)13/h8,11H,2-7H2,1H3,(H,12,13)/i/hD. The van der Waals surface area contributed by atoms with Gasteiger partial charge in [-0.15, -0.1) is 0 Å². The molecule has 0 aliphatic carbocycles. The van der Waals surface area contributed by atoms with Crippen molar-refractivity contribution in [2.45, 2.75) is 45.4 Å². The van der Waals surface area contributed by atoms with Crippen molar-refractivity contribution in [2.24, 2.45) is 0 Å². The molecule has 0 amide bonds. The Morgan fingerprint density at radius 3 is 2.62 bits per heavy atom. The molecule has 0 aromatic rings. The normalized spacial score (nSPS) is 12.4. The fourth-order valence-corrected chi connectivity index (χ4v) is 1.07. The molecule has 0 saturated heterocycles. The number of hydrogen-bond donors (Lipinski definition) is 2. The third-order valence-electron chi connectivity index (χ3n) is 1.85. The lowest BCUT2D eigenvalue weighted by molar-refractivity contribution is -0.135. The Morgan fingerprint density at radius 2 is 2.08 bits per heavy atom. The number of carboxylic acids is 1. The summed E-state index contributed by atoms with van der Waals surface area (Å²) < 4.78 is 6.49. The van der Waals surface area contributed by atoms with Gasteiger partial charge in [0.2, 0.25) is 0 Å². The second-order valence-corrected chi connectivity index (χ2v) is 3.08. The Kier molecular flexibility index (Phi) is 5.94. The van der Waals surface area contributed by atoms with Crippen LogP contribution in [0.2, 0.25) is 0 Å². The van der Waals surface area contributed by atoms with E-state index in [2.05, 4.69) is 12.0 Å². The minimum atomic E-state index is -1.17. The van der Waals surface area contributed by atoms with Gasteiger partial charge in [-0.25, -0.2) is 4.79 Å². The average molecular weight is 187 g/mol. The van der Waals surface area contributed by atoms with E-state index in [4.69, 9.17) is 6.54 Å². The maximum absolute atomic E-state index is 10.4. The summed E-state index contributed by atoms with van der Waals surface area (Å²) in [4.78, 5) is 10.4. The van der Waals surface area contributed by atoms with Crippen LogP contribution in [0.3, 0.4) is 0 Å². The lowest BCUT2D eigenvalue weighted by Crippen LogP contribution is -1.98. The molecule has 0 fully saturated rings. The van der Waals surface area contributed by atoms with Gasteiger partial charge in [0.15, 0.2) is 5.76 Å². The topological polar surface area (TPSA) is 57.5 Å². The Hall–Kier alpha value is -0.990. The molecule has 3 heteroatoms. The molecule has 0 aliphatic heterocycles. The maximum atomic E-state index is 10.4. The number of carboxylic acid groups (broad SMARTS) is 1. The van der Waals surface area contributed by atoms with Crippen molar-refractivity contribution in [1.82, 2.24) is 0 Å². The zero-order chi connectivity index (χ0) is 10.8. The van der Waals surface area contributed by atoms with E-state index < -0.39 is 5.97 Å². The van der Waals surface area contributed by atoms with Crippen LogP contribution in [-0.4, -0.2) is 16.2 Å². The first kappa shape index (κ1) is 10.1. The van der Waals surface area contributed by atoms with E-state index >= 15 is 0 Å². The van der Waals surface area contributed by atoms with Crippen LogP contribution in [0.1, 0.15) is 45.4 Å². The molecule has 0 atom stereocenters. The molecule has 2 N–H and O–H groups in total. The molecule has 13 heavy (non-hydrogen) atoms. The van der Waals surface area contributed by atoms with Crippen LogP contribution < -0.4 is 0 Å². The molecule has 0 aliphatic rings. The number of rotatable bonds is 8. The minimum absolute atomic E-state index is 0.277. The van der Waals surface area contributed by atoms with E-state index in [1.165, 1.54) is 25.3 Å². The summed E-state index contributed by atoms with van der Waals surface area (Å²) in [6.07, 6.45) is 7.81. The number of aliphatic hydroxyl groups excluding tert-OH is 1. The highest BCUT2D eigenvalue weighted by molar-refractivity contribution is 5.83. The third kappa shape index (κ3) is 7.37. The van der Waals surface area contributed by atoms with Crippen LogP contribution >= 0.6 is 0 Å². The van der Waals surface area contributed by atoms with E-state index in [1.54, 1.807) is 0 Å². The molecule has 0 aromatic heterocycles. The fourth-order valence-electron chi connectivity index (χ4n) is 1.07. The SMILES string of the molecule is [2H]OC(=CCCCCCCC)C(=O)O. The van der Waals surface area contributed by atoms with Crippen molar-refractivity contribution in [1.29, 1.82) is 1.43 Å². The van der Waals surface area contributed by atoms with Gasteiger partial charge in [-0.05, 0) is 18.9 Å². The molecule has 76 valence electrons. The second-order valence-electron chi connectivity index (χ2n) is 3.08. The third-order valence-corrected chi connectivity index (χ3v) is 1.85. The largest absolute Gasteiger partial charge is 0.502 e. The van der Waals surface area contributed by atoms with Crippen LogP contribution in [0.25, 0.3) is 1.43 Å². The summed E-state index contributed by atoms with van der Waals surface area (Å²) in [5.41, 5.74) is 0. The highest BCUT2D eigenvalue weighted by Gasteiger charge is 2.00. The number of carbonyl (C=O) groups is 1. The molecule has 0 heterocycles. The first-order chi connectivity index (χ1) is 6.72. The molecule has 0 rings (SSSR count). The highest BCUT2D eigenvalue weighted by atomic mass is 16.4. The van der Waals surface area contributed by atoms with Gasteiger partial charge in [0.05, 0.1) is 0 Å². The zero-order valence-corrected chi connectivity index (χ0v) is 8.08. The number of aliphatic hydroxyl groups is 1. The maximum Gasteiger partial charge on any atom is 0.370 e. The van der Waals surface area contributed by atoms with E-state index in [0.29, 0.717) is 6.42 Å². The number of aliphatic carboxylic acids is 1. The van der Waals surface area contributed by atoms with Crippen LogP contribution in [0.5, 0.6) is 0 Å². The van der Waals surface area contributed by atoms with Crippen molar-refractivity contribution < 1.29 is 15.0 Å². The molecule has 0 spiro atoms. The van der Waals surface area contributed by atoms with Crippen LogP contribution in [-0.2, 0) is 4.79 Å². The summed E-state index contributed by atoms with van der Waals surface area (Å²) >= 11 is 0. The van der Waals surface area contributed by atoms with E-state index in [-0.39, 0.29) is 5.76 Å². The monoisotopic (exact) mass is 187 g/mol. The van der Waals surface area contributed by atoms with E-state index in [1.807, 2.05) is 0 Å². The lowest BCUT2D eigenvalue weighted by atomic mass is 10.1. The summed E-state index contributed by atoms with van der Waals surface area (Å²) in [5.74, 6) is -1.45. The van der Waals surface area contributed by atoms with Crippen molar-refractivity contribution in [2.75, 3.05) is 0 Å². The van der Waals surface area contributed by atoms with Crippen molar-refractivity contribution in [3.63, 3.8) is 0 Å². The van der Waals surface area contributed by atoms with Crippen LogP contribution in [0, 0.1) is 0 Å². The van der Waals surface area contributed by atoms with Crippen molar-refractivity contribution in [3.05, 3.63) is 11.8 Å². The van der Waals surface area contributed by atoms with Crippen molar-refractivity contribution in [3.8, 4) is 0 Å². The fraction of sp³-hybridized carbons (Fsp3) is 0.700. The number of unbranched alkanes of at least 4 members (excludes halogenated alkanes) is 5. The second kappa shape index (κ2) is 7.65. The summed E-state index contributed by atoms with van der Waals surface area (Å²) in [6, 6.07) is 0. The molecule has 0 saturated carbocycles. The zero-order valence-electron chi connectivity index (χ0n) is 9.08. The average Bonchev–Trinajstić information content (AvgIpc) is 2.16. The van der Waals surface area contributed by atoms with E-state index in [9.17, 15) is 4.79 Å². The summed E-state index contributed by atoms with van der Waals surface area (Å²) in [5, 5.41) is 12.5. The van der Waals surface area contributed by atoms with Gasteiger partial charge >= 0.3 is 5.97 Å². The van der Waals surface area contributed by atoms with Gasteiger partial charge in [0.25, 0.3) is 1.43 Å². The molecular weight excluding hydrogens is 168 g/mol. The lowest BCUT2D eigenvalue weighted by Gasteiger charge is -1.96. The van der Waals surface area contributed by atoms with Gasteiger partial charge in [-0.2, -0.15) is 0 Å². The van der Waals surface area contributed by atoms with Crippen LogP contribution in [0.15, 0.2) is 11.8 Å². The molecular formula is C10H18O3. The van der Waals surface area contributed by atoms with Gasteiger partial charge in [-0.3, -0.25) is 0 Å². The van der Waals surface area contributed by atoms with Gasteiger partial charge in [0.1, 0.15) is 0 Å². The summed E-state index contributed by atoms with van der Waals surface area (Å²) in [7, 11) is 0. The summed E-state index contributed by atoms with van der Waals surface area (Å²) in [6.45, 7) is 2.15. The van der Waals surface area contributed by atoms with E-state index in [0.717, 1.165) is 12.8 Å². The van der Waals surface area contributed by atoms with Gasteiger partial charge < -0.3 is 10.2 Å². The number of hydrogen-bond acceptors (Lipinski definition) is 2.